The molecule has 7 heteroatoms. The summed E-state index contributed by atoms with van der Waals surface area (Å²) in [5.41, 5.74) is 0.933. The first-order valence-electron chi connectivity index (χ1n) is 7.96. The number of hydrogen-bond acceptors (Lipinski definition) is 5. The molecule has 1 aliphatic heterocycles. The Labute approximate surface area is 144 Å². The number of anilines is 1. The number of piperidine rings is 1. The molecule has 1 aliphatic rings. The highest BCUT2D eigenvalue weighted by molar-refractivity contribution is 6.09. The zero-order valence-corrected chi connectivity index (χ0v) is 13.4. The van der Waals surface area contributed by atoms with Crippen molar-refractivity contribution in [1.82, 2.24) is 5.32 Å². The molecule has 0 aromatic heterocycles. The van der Waals surface area contributed by atoms with E-state index in [9.17, 15) is 19.7 Å². The molecule has 0 spiro atoms. The van der Waals surface area contributed by atoms with Gasteiger partial charge < -0.3 is 10.6 Å². The predicted octanol–water partition coefficient (Wildman–Crippen LogP) is 2.52. The Balaban J connectivity index is 1.84. The van der Waals surface area contributed by atoms with Crippen LogP contribution in [0.2, 0.25) is 0 Å². The summed E-state index contributed by atoms with van der Waals surface area (Å²) < 4.78 is 0. The largest absolute Gasteiger partial charge is 0.375 e. The summed E-state index contributed by atoms with van der Waals surface area (Å²) in [5.74, 6) is -0.281. The second kappa shape index (κ2) is 7.12. The van der Waals surface area contributed by atoms with E-state index >= 15 is 0 Å². The number of benzene rings is 2. The Kier molecular flexibility index (Phi) is 4.74. The van der Waals surface area contributed by atoms with Crippen LogP contribution in [0.5, 0.6) is 0 Å². The molecule has 2 aromatic rings. The molecule has 1 heterocycles. The minimum Gasteiger partial charge on any atom is -0.375 e. The number of nitrogens with one attached hydrogen (secondary N) is 2. The Morgan fingerprint density at radius 1 is 1.16 bits per heavy atom. The van der Waals surface area contributed by atoms with E-state index in [1.807, 2.05) is 0 Å². The van der Waals surface area contributed by atoms with Crippen molar-refractivity contribution < 1.29 is 14.5 Å². The number of hydrogen-bond donors (Lipinski definition) is 2. The van der Waals surface area contributed by atoms with E-state index in [0.717, 1.165) is 0 Å². The lowest BCUT2D eigenvalue weighted by Crippen LogP contribution is -2.41. The van der Waals surface area contributed by atoms with Gasteiger partial charge in [-0.3, -0.25) is 19.7 Å². The van der Waals surface area contributed by atoms with Gasteiger partial charge in [-0.2, -0.15) is 0 Å². The Bertz CT molecular complexity index is 810. The molecule has 1 unspecified atom stereocenters. The van der Waals surface area contributed by atoms with Crippen LogP contribution < -0.4 is 10.6 Å². The van der Waals surface area contributed by atoms with Gasteiger partial charge in [0.05, 0.1) is 4.92 Å². The maximum Gasteiger partial charge on any atom is 0.293 e. The predicted molar refractivity (Wildman–Crippen MR) is 92.6 cm³/mol. The molecule has 1 saturated heterocycles. The highest BCUT2D eigenvalue weighted by atomic mass is 16.6. The van der Waals surface area contributed by atoms with Gasteiger partial charge in [0.15, 0.2) is 5.78 Å². The first-order chi connectivity index (χ1) is 12.0. The van der Waals surface area contributed by atoms with E-state index in [-0.39, 0.29) is 29.0 Å². The van der Waals surface area contributed by atoms with Gasteiger partial charge in [0, 0.05) is 36.2 Å². The van der Waals surface area contributed by atoms with Crippen LogP contribution in [0.3, 0.4) is 0 Å². The number of nitrogens with zero attached hydrogens (tertiary/aromatic N) is 1. The smallest absolute Gasteiger partial charge is 0.293 e. The van der Waals surface area contributed by atoms with Crippen LogP contribution in [-0.2, 0) is 4.79 Å². The number of amides is 1. The molecule has 0 bridgehead atoms. The van der Waals surface area contributed by atoms with Crippen LogP contribution in [0, 0.1) is 10.1 Å². The second-order valence-electron chi connectivity index (χ2n) is 5.87. The fourth-order valence-electron chi connectivity index (χ4n) is 2.78. The fourth-order valence-corrected chi connectivity index (χ4v) is 2.78. The van der Waals surface area contributed by atoms with Crippen molar-refractivity contribution in [3.63, 3.8) is 0 Å². The van der Waals surface area contributed by atoms with Gasteiger partial charge in [-0.15, -0.1) is 0 Å². The fraction of sp³-hybridized carbons (Fsp3) is 0.222. The summed E-state index contributed by atoms with van der Waals surface area (Å²) in [7, 11) is 0. The Morgan fingerprint density at radius 2 is 1.92 bits per heavy atom. The summed E-state index contributed by atoms with van der Waals surface area (Å²) >= 11 is 0. The average Bonchev–Trinajstić information content (AvgIpc) is 2.64. The van der Waals surface area contributed by atoms with Crippen LogP contribution >= 0.6 is 0 Å². The number of carbonyl (C=O) groups is 2. The summed E-state index contributed by atoms with van der Waals surface area (Å²) in [4.78, 5) is 34.6. The van der Waals surface area contributed by atoms with Gasteiger partial charge in [-0.1, -0.05) is 30.3 Å². The monoisotopic (exact) mass is 339 g/mol. The number of carbonyl (C=O) groups excluding carboxylic acids is 2. The topological polar surface area (TPSA) is 101 Å². The van der Waals surface area contributed by atoms with Crippen LogP contribution in [0.15, 0.2) is 48.5 Å². The van der Waals surface area contributed by atoms with Gasteiger partial charge in [-0.25, -0.2) is 0 Å². The first kappa shape index (κ1) is 16.6. The maximum atomic E-state index is 12.5. The lowest BCUT2D eigenvalue weighted by atomic mass is 10.0. The third-order valence-corrected chi connectivity index (χ3v) is 4.12. The van der Waals surface area contributed by atoms with Crippen molar-refractivity contribution in [1.29, 1.82) is 0 Å². The molecule has 0 aliphatic carbocycles. The van der Waals surface area contributed by atoms with Gasteiger partial charge in [0.2, 0.25) is 5.91 Å². The Morgan fingerprint density at radius 3 is 2.56 bits per heavy atom. The van der Waals surface area contributed by atoms with Crippen LogP contribution in [0.1, 0.15) is 28.8 Å². The van der Waals surface area contributed by atoms with Crippen LogP contribution in [-0.4, -0.2) is 29.2 Å². The summed E-state index contributed by atoms with van der Waals surface area (Å²) in [5, 5.41) is 17.2. The van der Waals surface area contributed by atoms with Gasteiger partial charge >= 0.3 is 0 Å². The first-order valence-corrected chi connectivity index (χ1v) is 7.96. The van der Waals surface area contributed by atoms with Crippen LogP contribution in [0.25, 0.3) is 0 Å². The number of nitro benzene ring substituents is 1. The molecule has 25 heavy (non-hydrogen) atoms. The highest BCUT2D eigenvalue weighted by Crippen LogP contribution is 2.28. The lowest BCUT2D eigenvalue weighted by Gasteiger charge is -2.24. The van der Waals surface area contributed by atoms with Crippen LogP contribution in [0.4, 0.5) is 11.4 Å². The summed E-state index contributed by atoms with van der Waals surface area (Å²) in [6.07, 6.45) is 0.990. The molecule has 0 radical (unpaired) electrons. The minimum absolute atomic E-state index is 0.0173. The van der Waals surface area contributed by atoms with E-state index < -0.39 is 4.92 Å². The highest BCUT2D eigenvalue weighted by Gasteiger charge is 2.23. The number of ketones is 1. The third kappa shape index (κ3) is 3.82. The molecule has 3 rings (SSSR count). The van der Waals surface area contributed by atoms with Gasteiger partial charge in [-0.05, 0) is 18.6 Å². The molecular weight excluding hydrogens is 322 g/mol. The number of nitro groups is 1. The molecule has 1 atom stereocenters. The normalized spacial score (nSPS) is 16.8. The minimum atomic E-state index is -0.508. The molecule has 7 nitrogen and oxygen atoms in total. The molecule has 2 aromatic carbocycles. The van der Waals surface area contributed by atoms with Crippen molar-refractivity contribution in [3.8, 4) is 0 Å². The number of rotatable bonds is 5. The summed E-state index contributed by atoms with van der Waals surface area (Å²) in [6.45, 7) is 0.417. The lowest BCUT2D eigenvalue weighted by molar-refractivity contribution is -0.384. The molecular formula is C18H17N3O4. The summed E-state index contributed by atoms with van der Waals surface area (Å²) in [6, 6.07) is 13.0. The maximum absolute atomic E-state index is 12.5. The van der Waals surface area contributed by atoms with E-state index in [2.05, 4.69) is 10.6 Å². The third-order valence-electron chi connectivity index (χ3n) is 4.12. The van der Waals surface area contributed by atoms with E-state index in [4.69, 9.17) is 0 Å². The van der Waals surface area contributed by atoms with E-state index in [0.29, 0.717) is 30.6 Å². The quantitative estimate of drug-likeness (QED) is 0.495. The molecule has 1 amide bonds. The molecule has 1 fully saturated rings. The van der Waals surface area contributed by atoms with Gasteiger partial charge in [0.1, 0.15) is 5.69 Å². The SMILES string of the molecule is O=C1CCC(Nc2ccc(C(=O)c3ccccc3)cc2[N+](=O)[O-])CN1. The van der Waals surface area contributed by atoms with Crippen molar-refractivity contribution in [2.24, 2.45) is 0 Å². The molecule has 128 valence electrons. The Hall–Kier alpha value is -3.22. The van der Waals surface area contributed by atoms with Gasteiger partial charge in [0.25, 0.3) is 5.69 Å². The van der Waals surface area contributed by atoms with Crippen molar-refractivity contribution in [2.45, 2.75) is 18.9 Å². The molecule has 0 saturated carbocycles. The second-order valence-corrected chi connectivity index (χ2v) is 5.87. The van der Waals surface area contributed by atoms with E-state index in [1.54, 1.807) is 42.5 Å². The van der Waals surface area contributed by atoms with Crippen molar-refractivity contribution in [2.75, 3.05) is 11.9 Å². The average molecular weight is 339 g/mol. The van der Waals surface area contributed by atoms with Crippen molar-refractivity contribution >= 4 is 23.1 Å². The van der Waals surface area contributed by atoms with Crippen molar-refractivity contribution in [3.05, 3.63) is 69.8 Å². The zero-order valence-electron chi connectivity index (χ0n) is 13.4. The molecule has 2 N–H and O–H groups in total. The van der Waals surface area contributed by atoms with E-state index in [1.165, 1.54) is 6.07 Å². The standard InChI is InChI=1S/C18H17N3O4/c22-17-9-7-14(11-19-17)20-15-8-6-13(10-16(15)21(24)25)18(23)12-4-2-1-3-5-12/h1-6,8,10,14,20H,7,9,11H2,(H,19,22). The zero-order chi connectivity index (χ0) is 17.8.